The van der Waals surface area contributed by atoms with Gasteiger partial charge in [0.05, 0.1) is 19.8 Å². The van der Waals surface area contributed by atoms with Gasteiger partial charge in [0.25, 0.3) is 0 Å². The summed E-state index contributed by atoms with van der Waals surface area (Å²) in [5.41, 5.74) is 5.88. The van der Waals surface area contributed by atoms with E-state index in [1.165, 1.54) is 12.1 Å². The number of azo groups is 1. The highest BCUT2D eigenvalue weighted by atomic mass is 16.6. The van der Waals surface area contributed by atoms with Crippen molar-refractivity contribution in [3.63, 3.8) is 0 Å². The van der Waals surface area contributed by atoms with Crippen molar-refractivity contribution in [2.24, 2.45) is 10.2 Å². The minimum absolute atomic E-state index is 0.0171. The van der Waals surface area contributed by atoms with Crippen molar-refractivity contribution in [3.8, 4) is 5.75 Å². The number of nitrogens with zero attached hydrogens (tertiary/aromatic N) is 4. The van der Waals surface area contributed by atoms with Gasteiger partial charge in [-0.15, -0.1) is 10.2 Å². The molecule has 13 nitrogen and oxygen atoms in total. The Morgan fingerprint density at radius 2 is 1.78 bits per heavy atom. The molecule has 0 saturated carbocycles. The number of benzene rings is 1. The number of nitrogens with one attached hydrogen (secondary N) is 2. The number of amides is 2. The van der Waals surface area contributed by atoms with Crippen LogP contribution in [0.25, 0.3) is 0 Å². The van der Waals surface area contributed by atoms with Gasteiger partial charge in [0.2, 0.25) is 5.91 Å². The van der Waals surface area contributed by atoms with Crippen LogP contribution in [0.15, 0.2) is 46.6 Å². The number of esters is 1. The first-order valence-electron chi connectivity index (χ1n) is 11.6. The number of ether oxygens (including phenoxy) is 3. The molecule has 37 heavy (non-hydrogen) atoms. The molecule has 1 aromatic heterocycles. The first kappa shape index (κ1) is 27.5. The van der Waals surface area contributed by atoms with Gasteiger partial charge in [-0.1, -0.05) is 12.1 Å². The molecular weight excluding hydrogens is 482 g/mol. The third-order valence-corrected chi connectivity index (χ3v) is 4.77. The lowest BCUT2D eigenvalue weighted by Gasteiger charge is -2.25. The van der Waals surface area contributed by atoms with Crippen molar-refractivity contribution in [2.45, 2.75) is 26.4 Å². The maximum Gasteiger partial charge on any atom is 0.408 e. The molecule has 13 heteroatoms. The van der Waals surface area contributed by atoms with Crippen molar-refractivity contribution < 1.29 is 28.6 Å². The number of alkyl carbamates (subject to hydrolysis) is 1. The molecule has 2 aromatic rings. The minimum Gasteiger partial charge on any atom is -0.444 e. The van der Waals surface area contributed by atoms with Gasteiger partial charge >= 0.3 is 12.1 Å². The third-order valence-electron chi connectivity index (χ3n) is 4.77. The van der Waals surface area contributed by atoms with Crippen molar-refractivity contribution >= 4 is 41.0 Å². The Morgan fingerprint density at radius 3 is 2.49 bits per heavy atom. The summed E-state index contributed by atoms with van der Waals surface area (Å²) in [5, 5.41) is 13.1. The number of pyridine rings is 1. The van der Waals surface area contributed by atoms with Crippen LogP contribution in [0.1, 0.15) is 20.8 Å². The molecule has 0 unspecified atom stereocenters. The zero-order chi connectivity index (χ0) is 26.8. The van der Waals surface area contributed by atoms with E-state index in [9.17, 15) is 14.4 Å². The number of rotatable bonds is 8. The Bertz CT molecular complexity index is 1140. The molecule has 0 radical (unpaired) electrons. The standard InChI is InChI=1S/C24H31N7O6/c1-24(2,3)37-23(34)26-14-20(32)27-19-9-8-17(22(25)28-19)30-29-16-6-4-5-7-18(16)36-21(33)15-31-10-12-35-13-11-31/h4-9H,10-15H2,1-3H3,(H,26,34)(H3,25,27,28,32)/b30-29+. The lowest BCUT2D eigenvalue weighted by atomic mass is 10.2. The monoisotopic (exact) mass is 513 g/mol. The molecule has 198 valence electrons. The second-order valence-electron chi connectivity index (χ2n) is 9.03. The first-order valence-corrected chi connectivity index (χ1v) is 11.6. The molecule has 1 fully saturated rings. The van der Waals surface area contributed by atoms with E-state index in [0.29, 0.717) is 32.0 Å². The number of hydrogen-bond acceptors (Lipinski definition) is 11. The Kier molecular flexibility index (Phi) is 9.46. The SMILES string of the molecule is CC(C)(C)OC(=O)NCC(=O)Nc1ccc(/N=N/c2ccccc2OC(=O)CN2CCOCC2)c(N)n1. The van der Waals surface area contributed by atoms with Gasteiger partial charge in [-0.3, -0.25) is 14.5 Å². The quantitative estimate of drug-likeness (QED) is 0.273. The number of nitrogen functional groups attached to an aromatic ring is 1. The van der Waals surface area contributed by atoms with E-state index in [0.717, 1.165) is 0 Å². The highest BCUT2D eigenvalue weighted by molar-refractivity contribution is 5.93. The zero-order valence-corrected chi connectivity index (χ0v) is 21.0. The molecule has 2 heterocycles. The molecule has 0 aliphatic carbocycles. The van der Waals surface area contributed by atoms with E-state index in [1.807, 2.05) is 4.90 Å². The summed E-state index contributed by atoms with van der Waals surface area (Å²) < 4.78 is 15.9. The number of para-hydroxylation sites is 1. The fourth-order valence-corrected chi connectivity index (χ4v) is 3.11. The van der Waals surface area contributed by atoms with Crippen molar-refractivity contribution in [1.29, 1.82) is 0 Å². The number of anilines is 2. The Hall–Kier alpha value is -4.10. The Morgan fingerprint density at radius 1 is 1.08 bits per heavy atom. The summed E-state index contributed by atoms with van der Waals surface area (Å²) in [7, 11) is 0. The summed E-state index contributed by atoms with van der Waals surface area (Å²) in [6, 6.07) is 9.74. The lowest BCUT2D eigenvalue weighted by molar-refractivity contribution is -0.136. The highest BCUT2D eigenvalue weighted by Gasteiger charge is 2.18. The van der Waals surface area contributed by atoms with Crippen molar-refractivity contribution in [1.82, 2.24) is 15.2 Å². The largest absolute Gasteiger partial charge is 0.444 e. The van der Waals surface area contributed by atoms with Crippen LogP contribution in [0.3, 0.4) is 0 Å². The minimum atomic E-state index is -0.710. The van der Waals surface area contributed by atoms with Crippen molar-refractivity contribution in [2.75, 3.05) is 50.4 Å². The summed E-state index contributed by atoms with van der Waals surface area (Å²) in [6.07, 6.45) is -0.710. The topological polar surface area (TPSA) is 170 Å². The summed E-state index contributed by atoms with van der Waals surface area (Å²) >= 11 is 0. The molecule has 0 bridgehead atoms. The van der Waals surface area contributed by atoms with E-state index < -0.39 is 23.6 Å². The predicted molar refractivity (Wildman–Crippen MR) is 135 cm³/mol. The maximum atomic E-state index is 12.4. The Labute approximate surface area is 214 Å². The lowest BCUT2D eigenvalue weighted by Crippen LogP contribution is -2.40. The van der Waals surface area contributed by atoms with Gasteiger partial charge in [-0.2, -0.15) is 0 Å². The van der Waals surface area contributed by atoms with E-state index in [1.54, 1.807) is 45.0 Å². The van der Waals surface area contributed by atoms with Crippen LogP contribution in [-0.2, 0) is 19.1 Å². The number of carbonyl (C=O) groups excluding carboxylic acids is 3. The first-order chi connectivity index (χ1) is 17.6. The molecule has 1 saturated heterocycles. The van der Waals surface area contributed by atoms with Crippen LogP contribution in [0, 0.1) is 0 Å². The van der Waals surface area contributed by atoms with Crippen LogP contribution < -0.4 is 21.1 Å². The van der Waals surface area contributed by atoms with E-state index in [-0.39, 0.29) is 36.2 Å². The van der Waals surface area contributed by atoms with Crippen LogP contribution in [0.4, 0.5) is 27.8 Å². The fraction of sp³-hybridized carbons (Fsp3) is 0.417. The number of hydrogen-bond donors (Lipinski definition) is 3. The predicted octanol–water partition coefficient (Wildman–Crippen LogP) is 2.78. The second-order valence-corrected chi connectivity index (χ2v) is 9.03. The van der Waals surface area contributed by atoms with Crippen LogP contribution in [0.2, 0.25) is 0 Å². The molecule has 0 spiro atoms. The molecule has 3 rings (SSSR count). The molecule has 0 atom stereocenters. The average Bonchev–Trinajstić information content (AvgIpc) is 2.83. The van der Waals surface area contributed by atoms with Gasteiger partial charge in [-0.25, -0.2) is 9.78 Å². The van der Waals surface area contributed by atoms with Crippen LogP contribution in [0.5, 0.6) is 5.75 Å². The molecule has 1 aromatic carbocycles. The van der Waals surface area contributed by atoms with E-state index in [2.05, 4.69) is 25.8 Å². The molecule has 2 amide bonds. The summed E-state index contributed by atoms with van der Waals surface area (Å²) in [4.78, 5) is 42.2. The second kappa shape index (κ2) is 12.7. The summed E-state index contributed by atoms with van der Waals surface area (Å²) in [6.45, 7) is 7.49. The van der Waals surface area contributed by atoms with Gasteiger partial charge in [0.15, 0.2) is 11.6 Å². The van der Waals surface area contributed by atoms with Gasteiger partial charge in [-0.05, 0) is 45.0 Å². The number of carbonyl (C=O) groups is 3. The normalized spacial score (nSPS) is 14.2. The van der Waals surface area contributed by atoms with Gasteiger partial charge in [0, 0.05) is 13.1 Å². The third kappa shape index (κ3) is 9.46. The van der Waals surface area contributed by atoms with Crippen LogP contribution in [-0.4, -0.2) is 72.8 Å². The number of morpholine rings is 1. The average molecular weight is 514 g/mol. The molecule has 1 aliphatic rings. The molecule has 4 N–H and O–H groups in total. The van der Waals surface area contributed by atoms with Crippen LogP contribution >= 0.6 is 0 Å². The van der Waals surface area contributed by atoms with Gasteiger partial charge in [0.1, 0.15) is 29.3 Å². The highest BCUT2D eigenvalue weighted by Crippen LogP contribution is 2.30. The summed E-state index contributed by atoms with van der Waals surface area (Å²) in [5.74, 6) is -0.474. The molecular formula is C24H31N7O6. The smallest absolute Gasteiger partial charge is 0.408 e. The molecule has 1 aliphatic heterocycles. The van der Waals surface area contributed by atoms with Crippen molar-refractivity contribution in [3.05, 3.63) is 36.4 Å². The van der Waals surface area contributed by atoms with Gasteiger partial charge < -0.3 is 30.6 Å². The number of aromatic nitrogens is 1. The van der Waals surface area contributed by atoms with E-state index in [4.69, 9.17) is 19.9 Å². The number of nitrogens with two attached hydrogens (primary N) is 1. The van der Waals surface area contributed by atoms with E-state index >= 15 is 0 Å². The maximum absolute atomic E-state index is 12.4. The zero-order valence-electron chi connectivity index (χ0n) is 21.0. The fourth-order valence-electron chi connectivity index (χ4n) is 3.11. The Balaban J connectivity index is 1.57.